The molecule has 0 amide bonds. The summed E-state index contributed by atoms with van der Waals surface area (Å²) in [4.78, 5) is 30.2. The minimum atomic E-state index is -4.86. The van der Waals surface area contributed by atoms with E-state index in [1.54, 1.807) is 6.92 Å². The molecule has 3 N–H and O–H groups in total. The molecule has 0 aromatic heterocycles. The maximum absolute atomic E-state index is 11.9. The van der Waals surface area contributed by atoms with Gasteiger partial charge in [0, 0.05) is 6.42 Å². The minimum absolute atomic E-state index is 0.0944. The molecule has 2 atom stereocenters. The maximum Gasteiger partial charge on any atom is 0.371 e. The Balaban J connectivity index is 3.71. The molecule has 0 fully saturated rings. The summed E-state index contributed by atoms with van der Waals surface area (Å²) in [6.07, 6.45) is 14.7. The number of carbonyl (C=O) groups is 1. The number of ether oxygens (including phenoxy) is 1. The Kier molecular flexibility index (Phi) is 15.9. The van der Waals surface area contributed by atoms with E-state index in [9.17, 15) is 24.3 Å². The molecule has 0 aliphatic heterocycles. The van der Waals surface area contributed by atoms with Crippen molar-refractivity contribution >= 4 is 29.5 Å². The van der Waals surface area contributed by atoms with Crippen LogP contribution in [-0.4, -0.2) is 31.2 Å². The van der Waals surface area contributed by atoms with Crippen LogP contribution in [0.4, 0.5) is 0 Å². The first-order valence-corrected chi connectivity index (χ1v) is 13.2. The second-order valence-corrected chi connectivity index (χ2v) is 11.2. The number of unbranched alkanes of at least 4 members (excludes halogenated alkanes) is 12. The van der Waals surface area contributed by atoms with E-state index in [1.807, 2.05) is 0 Å². The Morgan fingerprint density at radius 1 is 0.893 bits per heavy atom. The summed E-state index contributed by atoms with van der Waals surface area (Å²) in [5, 5.41) is 9.92. The highest BCUT2D eigenvalue weighted by Crippen LogP contribution is 2.56. The highest BCUT2D eigenvalue weighted by molar-refractivity contribution is 9.11. The Morgan fingerprint density at radius 3 is 1.64 bits per heavy atom. The zero-order valence-corrected chi connectivity index (χ0v) is 20.1. The van der Waals surface area contributed by atoms with Crippen LogP contribution in [-0.2, 0) is 14.1 Å². The van der Waals surface area contributed by atoms with E-state index in [-0.39, 0.29) is 12.8 Å². The van der Waals surface area contributed by atoms with E-state index in [0.29, 0.717) is 6.42 Å². The number of carbonyl (C=O) groups excluding carboxylic acids is 1. The molecule has 0 rings (SSSR count). The Labute approximate surface area is 179 Å². The van der Waals surface area contributed by atoms with Crippen LogP contribution in [0.3, 0.4) is 0 Å². The van der Waals surface area contributed by atoms with Crippen molar-refractivity contribution in [1.82, 2.24) is 0 Å². The van der Waals surface area contributed by atoms with Gasteiger partial charge in [0.25, 0.3) is 4.25 Å². The number of aliphatic hydroxyl groups is 1. The predicted molar refractivity (Wildman–Crippen MR) is 116 cm³/mol. The molecule has 8 heteroatoms. The van der Waals surface area contributed by atoms with Crippen LogP contribution in [0.25, 0.3) is 0 Å². The van der Waals surface area contributed by atoms with E-state index in [0.717, 1.165) is 12.8 Å². The lowest BCUT2D eigenvalue weighted by atomic mass is 10.0. The van der Waals surface area contributed by atoms with Crippen molar-refractivity contribution in [3.8, 4) is 0 Å². The fourth-order valence-corrected chi connectivity index (χ4v) is 4.14. The van der Waals surface area contributed by atoms with Crippen molar-refractivity contribution in [3.05, 3.63) is 0 Å². The number of alkyl halides is 1. The van der Waals surface area contributed by atoms with Crippen molar-refractivity contribution in [1.29, 1.82) is 0 Å². The molecule has 0 radical (unpaired) electrons. The fraction of sp³-hybridized carbons (Fsp3) is 0.950. The Morgan fingerprint density at radius 2 is 1.29 bits per heavy atom. The van der Waals surface area contributed by atoms with Gasteiger partial charge in [-0.25, -0.2) is 0 Å². The van der Waals surface area contributed by atoms with Crippen molar-refractivity contribution in [2.75, 3.05) is 0 Å². The smallest absolute Gasteiger partial charge is 0.371 e. The third kappa shape index (κ3) is 12.6. The SMILES string of the molecule is CCCCCCCCCCCCCCCC(=O)OC(CC)C(O)(Br)P(=O)(O)O. The molecule has 0 bridgehead atoms. The topological polar surface area (TPSA) is 104 Å². The first-order valence-electron chi connectivity index (χ1n) is 10.8. The molecule has 0 aromatic rings. The number of esters is 1. The number of halogens is 1. The standard InChI is InChI=1S/C20H40BrO6P/c1-3-5-6-7-8-9-10-11-12-13-14-15-16-17-19(22)27-18(4-2)20(21,23)28(24,25)26/h18,23H,3-17H2,1-2H3,(H2,24,25,26). The van der Waals surface area contributed by atoms with E-state index in [2.05, 4.69) is 22.9 Å². The summed E-state index contributed by atoms with van der Waals surface area (Å²) < 4.78 is 13.9. The molecule has 0 aromatic carbocycles. The van der Waals surface area contributed by atoms with Crippen LogP contribution in [0.2, 0.25) is 0 Å². The van der Waals surface area contributed by atoms with Crippen molar-refractivity contribution in [3.63, 3.8) is 0 Å². The zero-order valence-electron chi connectivity index (χ0n) is 17.6. The van der Waals surface area contributed by atoms with E-state index in [4.69, 9.17) is 4.74 Å². The Hall–Kier alpha value is 0.0600. The summed E-state index contributed by atoms with van der Waals surface area (Å²) in [6, 6.07) is 0. The van der Waals surface area contributed by atoms with Crippen LogP contribution in [0, 0.1) is 0 Å². The molecule has 0 aliphatic carbocycles. The average molecular weight is 487 g/mol. The molecule has 28 heavy (non-hydrogen) atoms. The van der Waals surface area contributed by atoms with Gasteiger partial charge >= 0.3 is 13.6 Å². The zero-order chi connectivity index (χ0) is 21.5. The van der Waals surface area contributed by atoms with Gasteiger partial charge in [-0.3, -0.25) is 9.36 Å². The summed E-state index contributed by atoms with van der Waals surface area (Å²) in [5.41, 5.74) is 0. The molecule has 0 saturated heterocycles. The van der Waals surface area contributed by atoms with Crippen molar-refractivity contribution in [2.24, 2.45) is 0 Å². The molecule has 2 unspecified atom stereocenters. The van der Waals surface area contributed by atoms with Gasteiger partial charge < -0.3 is 19.6 Å². The first-order chi connectivity index (χ1) is 13.2. The summed E-state index contributed by atoms with van der Waals surface area (Å²) in [7, 11) is -4.86. The highest BCUT2D eigenvalue weighted by Gasteiger charge is 2.51. The second-order valence-electron chi connectivity index (χ2n) is 7.56. The number of hydrogen-bond acceptors (Lipinski definition) is 4. The minimum Gasteiger partial charge on any atom is -0.458 e. The Bertz CT molecular complexity index is 452. The van der Waals surface area contributed by atoms with Crippen molar-refractivity contribution < 1.29 is 29.0 Å². The molecule has 0 saturated carbocycles. The number of rotatable bonds is 18. The molecular formula is C20H40BrO6P. The van der Waals surface area contributed by atoms with Crippen LogP contribution in [0.1, 0.15) is 110 Å². The van der Waals surface area contributed by atoms with Gasteiger partial charge in [-0.15, -0.1) is 0 Å². The molecule has 168 valence electrons. The molecule has 0 heterocycles. The summed E-state index contributed by atoms with van der Waals surface area (Å²) in [6.45, 7) is 3.82. The van der Waals surface area contributed by atoms with Gasteiger partial charge in [0.05, 0.1) is 0 Å². The highest BCUT2D eigenvalue weighted by atomic mass is 79.9. The molecule has 0 spiro atoms. The van der Waals surface area contributed by atoms with Gasteiger partial charge in [-0.2, -0.15) is 0 Å². The van der Waals surface area contributed by atoms with Crippen LogP contribution >= 0.6 is 23.5 Å². The quantitative estimate of drug-likeness (QED) is 0.0947. The van der Waals surface area contributed by atoms with Crippen LogP contribution < -0.4 is 0 Å². The second kappa shape index (κ2) is 15.8. The largest absolute Gasteiger partial charge is 0.458 e. The van der Waals surface area contributed by atoms with E-state index < -0.39 is 23.9 Å². The lowest BCUT2D eigenvalue weighted by Gasteiger charge is -2.30. The molecular weight excluding hydrogens is 447 g/mol. The fourth-order valence-electron chi connectivity index (χ4n) is 3.11. The van der Waals surface area contributed by atoms with E-state index >= 15 is 0 Å². The van der Waals surface area contributed by atoms with Crippen LogP contribution in [0.15, 0.2) is 0 Å². The average Bonchev–Trinajstić information content (AvgIpc) is 2.62. The molecule has 0 aliphatic rings. The lowest BCUT2D eigenvalue weighted by molar-refractivity contribution is -0.154. The lowest BCUT2D eigenvalue weighted by Crippen LogP contribution is -2.39. The third-order valence-electron chi connectivity index (χ3n) is 4.95. The monoisotopic (exact) mass is 486 g/mol. The van der Waals surface area contributed by atoms with Crippen molar-refractivity contribution in [2.45, 2.75) is 121 Å². The maximum atomic E-state index is 11.9. The van der Waals surface area contributed by atoms with Gasteiger partial charge in [0.1, 0.15) is 0 Å². The summed E-state index contributed by atoms with van der Waals surface area (Å²) >= 11 is 2.62. The number of hydrogen-bond donors (Lipinski definition) is 3. The first kappa shape index (κ1) is 28.1. The van der Waals surface area contributed by atoms with Crippen LogP contribution in [0.5, 0.6) is 0 Å². The third-order valence-corrected chi connectivity index (χ3v) is 7.95. The normalized spacial score (nSPS) is 15.2. The van der Waals surface area contributed by atoms with Gasteiger partial charge in [-0.05, 0) is 28.8 Å². The van der Waals surface area contributed by atoms with Gasteiger partial charge in [0.2, 0.25) is 0 Å². The van der Waals surface area contributed by atoms with Gasteiger partial charge in [0.15, 0.2) is 6.10 Å². The molecule has 6 nitrogen and oxygen atoms in total. The summed E-state index contributed by atoms with van der Waals surface area (Å²) in [5.74, 6) is -0.541. The van der Waals surface area contributed by atoms with E-state index in [1.165, 1.54) is 64.2 Å². The predicted octanol–water partition coefficient (Wildman–Crippen LogP) is 6.01. The van der Waals surface area contributed by atoms with Gasteiger partial charge in [-0.1, -0.05) is 90.9 Å².